The molecule has 1 amide bonds. The second-order valence-corrected chi connectivity index (χ2v) is 6.76. The van der Waals surface area contributed by atoms with Crippen LogP contribution in [0.5, 0.6) is 0 Å². The van der Waals surface area contributed by atoms with Crippen LogP contribution in [-0.2, 0) is 0 Å². The molecule has 1 aliphatic carbocycles. The third-order valence-electron chi connectivity index (χ3n) is 4.96. The van der Waals surface area contributed by atoms with E-state index in [1.165, 1.54) is 11.1 Å². The normalized spacial score (nSPS) is 15.1. The molecule has 0 aliphatic heterocycles. The summed E-state index contributed by atoms with van der Waals surface area (Å²) in [7, 11) is 0. The van der Waals surface area contributed by atoms with Crippen molar-refractivity contribution in [3.63, 3.8) is 0 Å². The van der Waals surface area contributed by atoms with E-state index in [1.807, 2.05) is 42.5 Å². The van der Waals surface area contributed by atoms with Crippen molar-refractivity contribution in [3.8, 4) is 5.69 Å². The molecule has 0 spiro atoms. The second-order valence-electron chi connectivity index (χ2n) is 6.76. The van der Waals surface area contributed by atoms with Gasteiger partial charge in [-0.05, 0) is 31.0 Å². The van der Waals surface area contributed by atoms with Gasteiger partial charge < -0.3 is 5.32 Å². The lowest BCUT2D eigenvalue weighted by Crippen LogP contribution is -2.38. The first-order valence-corrected chi connectivity index (χ1v) is 9.12. The highest BCUT2D eigenvalue weighted by molar-refractivity contribution is 6.05. The van der Waals surface area contributed by atoms with Gasteiger partial charge >= 0.3 is 0 Å². The van der Waals surface area contributed by atoms with E-state index in [2.05, 4.69) is 10.4 Å². The number of benzene rings is 2. The molecule has 132 valence electrons. The fraction of sp³-hybridized carbons (Fsp3) is 0.286. The smallest absolute Gasteiger partial charge is 0.279 e. The van der Waals surface area contributed by atoms with Crippen LogP contribution < -0.4 is 10.9 Å². The zero-order valence-electron chi connectivity index (χ0n) is 14.5. The van der Waals surface area contributed by atoms with E-state index in [0.717, 1.165) is 25.7 Å². The van der Waals surface area contributed by atoms with Crippen molar-refractivity contribution in [1.29, 1.82) is 0 Å². The van der Waals surface area contributed by atoms with Crippen molar-refractivity contribution in [1.82, 2.24) is 15.1 Å². The number of hydrogen-bond donors (Lipinski definition) is 1. The van der Waals surface area contributed by atoms with Gasteiger partial charge in [0.05, 0.1) is 11.1 Å². The summed E-state index contributed by atoms with van der Waals surface area (Å²) in [6.07, 6.45) is 5.52. The Morgan fingerprint density at radius 3 is 2.31 bits per heavy atom. The predicted molar refractivity (Wildman–Crippen MR) is 102 cm³/mol. The first kappa shape index (κ1) is 16.5. The Labute approximate surface area is 151 Å². The van der Waals surface area contributed by atoms with E-state index in [0.29, 0.717) is 22.2 Å². The van der Waals surface area contributed by atoms with Crippen molar-refractivity contribution in [2.75, 3.05) is 0 Å². The second kappa shape index (κ2) is 7.12. The van der Waals surface area contributed by atoms with Crippen molar-refractivity contribution < 1.29 is 4.79 Å². The van der Waals surface area contributed by atoms with Crippen LogP contribution in [0.15, 0.2) is 59.4 Å². The van der Waals surface area contributed by atoms with Gasteiger partial charge in [0.25, 0.3) is 11.5 Å². The summed E-state index contributed by atoms with van der Waals surface area (Å²) in [4.78, 5) is 25.8. The maximum absolute atomic E-state index is 12.9. The highest BCUT2D eigenvalue weighted by atomic mass is 16.2. The van der Waals surface area contributed by atoms with E-state index in [4.69, 9.17) is 0 Å². The third kappa shape index (κ3) is 3.12. The zero-order valence-corrected chi connectivity index (χ0v) is 14.5. The van der Waals surface area contributed by atoms with E-state index < -0.39 is 0 Å². The molecule has 2 aromatic carbocycles. The predicted octanol–water partition coefficient (Wildman–Crippen LogP) is 3.45. The average Bonchev–Trinajstić information content (AvgIpc) is 2.70. The number of aromatic nitrogens is 2. The number of nitrogens with one attached hydrogen (secondary N) is 1. The molecule has 1 heterocycles. The van der Waals surface area contributed by atoms with Crippen LogP contribution in [0.1, 0.15) is 42.6 Å². The van der Waals surface area contributed by atoms with Crippen molar-refractivity contribution in [2.45, 2.75) is 38.1 Å². The Morgan fingerprint density at radius 1 is 0.923 bits per heavy atom. The molecule has 0 unspecified atom stereocenters. The zero-order chi connectivity index (χ0) is 17.9. The summed E-state index contributed by atoms with van der Waals surface area (Å²) < 4.78 is 1.32. The number of fused-ring (bicyclic) bond motifs is 1. The molecule has 4 rings (SSSR count). The Hall–Kier alpha value is -2.95. The van der Waals surface area contributed by atoms with Crippen LogP contribution in [0.4, 0.5) is 0 Å². The van der Waals surface area contributed by atoms with Crippen LogP contribution in [0, 0.1) is 0 Å². The first-order valence-electron chi connectivity index (χ1n) is 9.12. The summed E-state index contributed by atoms with van der Waals surface area (Å²) in [5.41, 5.74) is 0.727. The minimum atomic E-state index is -0.221. The molecule has 5 heteroatoms. The van der Waals surface area contributed by atoms with Gasteiger partial charge in [0, 0.05) is 11.4 Å². The van der Waals surface area contributed by atoms with E-state index in [9.17, 15) is 9.59 Å². The van der Waals surface area contributed by atoms with Gasteiger partial charge in [-0.1, -0.05) is 55.7 Å². The molecular formula is C21H21N3O2. The van der Waals surface area contributed by atoms with Crippen LogP contribution in [0.2, 0.25) is 0 Å². The average molecular weight is 347 g/mol. The minimum absolute atomic E-state index is 0.189. The number of rotatable bonds is 3. The van der Waals surface area contributed by atoms with Gasteiger partial charge in [-0.2, -0.15) is 9.78 Å². The molecule has 1 N–H and O–H groups in total. The largest absolute Gasteiger partial charge is 0.348 e. The van der Waals surface area contributed by atoms with E-state index in [1.54, 1.807) is 12.1 Å². The molecule has 3 aromatic rings. The third-order valence-corrected chi connectivity index (χ3v) is 4.96. The van der Waals surface area contributed by atoms with Crippen LogP contribution in [0.3, 0.4) is 0 Å². The lowest BCUT2D eigenvalue weighted by atomic mass is 9.95. The Kier molecular flexibility index (Phi) is 4.52. The fourth-order valence-corrected chi connectivity index (χ4v) is 3.60. The van der Waals surface area contributed by atoms with Gasteiger partial charge in [0.1, 0.15) is 0 Å². The van der Waals surface area contributed by atoms with Crippen molar-refractivity contribution in [2.24, 2.45) is 0 Å². The van der Waals surface area contributed by atoms with Crippen molar-refractivity contribution in [3.05, 3.63) is 70.6 Å². The Morgan fingerprint density at radius 2 is 1.58 bits per heavy atom. The highest BCUT2D eigenvalue weighted by Gasteiger charge is 2.21. The van der Waals surface area contributed by atoms with Gasteiger partial charge in [0.2, 0.25) is 0 Å². The highest BCUT2D eigenvalue weighted by Crippen LogP contribution is 2.19. The molecule has 0 atom stereocenters. The number of amides is 1. The van der Waals surface area contributed by atoms with Crippen LogP contribution in [-0.4, -0.2) is 21.7 Å². The Bertz CT molecular complexity index is 989. The summed E-state index contributed by atoms with van der Waals surface area (Å²) in [5.74, 6) is -0.210. The molecule has 1 aromatic heterocycles. The van der Waals surface area contributed by atoms with Gasteiger partial charge in [-0.3, -0.25) is 9.59 Å². The quantitative estimate of drug-likeness (QED) is 0.789. The maximum Gasteiger partial charge on any atom is 0.279 e. The Balaban J connectivity index is 1.81. The molecule has 0 radical (unpaired) electrons. The lowest BCUT2D eigenvalue weighted by molar-refractivity contribution is 0.0923. The van der Waals surface area contributed by atoms with Gasteiger partial charge in [0.15, 0.2) is 5.69 Å². The summed E-state index contributed by atoms with van der Waals surface area (Å²) in [6.45, 7) is 0. The fourth-order valence-electron chi connectivity index (χ4n) is 3.60. The van der Waals surface area contributed by atoms with Crippen LogP contribution >= 0.6 is 0 Å². The van der Waals surface area contributed by atoms with Crippen LogP contribution in [0.25, 0.3) is 16.5 Å². The summed E-state index contributed by atoms with van der Waals surface area (Å²) in [5, 5.41) is 8.63. The molecule has 1 fully saturated rings. The first-order chi connectivity index (χ1) is 12.7. The number of nitrogens with zero attached hydrogens (tertiary/aromatic N) is 2. The maximum atomic E-state index is 12.9. The molecular weight excluding hydrogens is 326 g/mol. The summed E-state index contributed by atoms with van der Waals surface area (Å²) in [6, 6.07) is 16.6. The lowest BCUT2D eigenvalue weighted by Gasteiger charge is -2.23. The van der Waals surface area contributed by atoms with Gasteiger partial charge in [-0.15, -0.1) is 0 Å². The number of hydrogen-bond acceptors (Lipinski definition) is 3. The molecule has 1 aliphatic rings. The summed E-state index contributed by atoms with van der Waals surface area (Å²) >= 11 is 0. The molecule has 0 saturated heterocycles. The minimum Gasteiger partial charge on any atom is -0.348 e. The SMILES string of the molecule is O=C(NC1CCCCC1)c1nn(-c2ccccc2)c(=O)c2ccccc12. The van der Waals surface area contributed by atoms with Gasteiger partial charge in [-0.25, -0.2) is 0 Å². The monoisotopic (exact) mass is 347 g/mol. The van der Waals surface area contributed by atoms with E-state index >= 15 is 0 Å². The molecule has 26 heavy (non-hydrogen) atoms. The molecule has 5 nitrogen and oxygen atoms in total. The number of carbonyl (C=O) groups excluding carboxylic acids is 1. The molecule has 0 bridgehead atoms. The van der Waals surface area contributed by atoms with E-state index in [-0.39, 0.29) is 17.5 Å². The number of para-hydroxylation sites is 1. The standard InChI is InChI=1S/C21H21N3O2/c25-20(22-15-9-3-1-4-10-15)19-17-13-7-8-14-18(17)21(26)24(23-19)16-11-5-2-6-12-16/h2,5-8,11-15H,1,3-4,9-10H2,(H,22,25). The van der Waals surface area contributed by atoms with Crippen molar-refractivity contribution >= 4 is 16.7 Å². The topological polar surface area (TPSA) is 64.0 Å². The molecule has 1 saturated carbocycles. The number of carbonyl (C=O) groups is 1.